The van der Waals surface area contributed by atoms with Gasteiger partial charge in [-0.2, -0.15) is 0 Å². The Balaban J connectivity index is 2.46. The van der Waals surface area contributed by atoms with Crippen LogP contribution in [-0.4, -0.2) is 6.54 Å². The van der Waals surface area contributed by atoms with Crippen molar-refractivity contribution in [3.63, 3.8) is 0 Å². The van der Waals surface area contributed by atoms with Crippen LogP contribution in [0.1, 0.15) is 18.5 Å². The third-order valence-electron chi connectivity index (χ3n) is 2.51. The Bertz CT molecular complexity index is 458. The highest BCUT2D eigenvalue weighted by atomic mass is 16.3. The van der Waals surface area contributed by atoms with Gasteiger partial charge in [-0.1, -0.05) is 31.2 Å². The first-order valence-corrected chi connectivity index (χ1v) is 5.19. The fourth-order valence-corrected chi connectivity index (χ4v) is 1.78. The van der Waals surface area contributed by atoms with Gasteiger partial charge in [-0.15, -0.1) is 6.58 Å². The Morgan fingerprint density at radius 1 is 1.47 bits per heavy atom. The molecule has 0 saturated heterocycles. The van der Waals surface area contributed by atoms with Gasteiger partial charge in [-0.25, -0.2) is 0 Å². The molecular weight excluding hydrogens is 186 g/mol. The molecule has 2 nitrogen and oxygen atoms in total. The summed E-state index contributed by atoms with van der Waals surface area (Å²) in [6.07, 6.45) is 3.71. The van der Waals surface area contributed by atoms with E-state index in [0.29, 0.717) is 0 Å². The highest BCUT2D eigenvalue weighted by molar-refractivity contribution is 5.81. The number of rotatable bonds is 4. The number of hydrogen-bond donors (Lipinski definition) is 1. The molecule has 1 aromatic heterocycles. The van der Waals surface area contributed by atoms with Gasteiger partial charge in [0.05, 0.1) is 12.3 Å². The summed E-state index contributed by atoms with van der Waals surface area (Å²) in [6, 6.07) is 8.21. The van der Waals surface area contributed by atoms with E-state index in [0.717, 1.165) is 23.1 Å². The third kappa shape index (κ3) is 1.81. The van der Waals surface area contributed by atoms with E-state index >= 15 is 0 Å². The van der Waals surface area contributed by atoms with Gasteiger partial charge in [0.1, 0.15) is 5.58 Å². The van der Waals surface area contributed by atoms with E-state index in [9.17, 15) is 0 Å². The van der Waals surface area contributed by atoms with Crippen molar-refractivity contribution in [3.8, 4) is 0 Å². The van der Waals surface area contributed by atoms with Crippen molar-refractivity contribution in [2.24, 2.45) is 0 Å². The molecule has 0 radical (unpaired) electrons. The summed E-state index contributed by atoms with van der Waals surface area (Å²) in [6.45, 7) is 6.83. The predicted octanol–water partition coefficient (Wildman–Crippen LogP) is 3.27. The van der Waals surface area contributed by atoms with E-state index in [1.807, 2.05) is 24.3 Å². The highest BCUT2D eigenvalue weighted by Crippen LogP contribution is 2.26. The number of benzene rings is 1. The summed E-state index contributed by atoms with van der Waals surface area (Å²) in [4.78, 5) is 0. The molecule has 1 unspecified atom stereocenters. The summed E-state index contributed by atoms with van der Waals surface area (Å²) >= 11 is 0. The van der Waals surface area contributed by atoms with Crippen molar-refractivity contribution >= 4 is 11.0 Å². The molecule has 78 valence electrons. The first-order valence-electron chi connectivity index (χ1n) is 5.19. The van der Waals surface area contributed by atoms with Gasteiger partial charge in [0.25, 0.3) is 0 Å². The molecule has 0 bridgehead atoms. The van der Waals surface area contributed by atoms with E-state index in [1.165, 1.54) is 0 Å². The predicted molar refractivity (Wildman–Crippen MR) is 62.8 cm³/mol. The molecule has 0 aliphatic rings. The molecule has 1 N–H and O–H groups in total. The first-order chi connectivity index (χ1) is 7.36. The van der Waals surface area contributed by atoms with Crippen LogP contribution >= 0.6 is 0 Å². The molecule has 2 heteroatoms. The van der Waals surface area contributed by atoms with Gasteiger partial charge in [0.15, 0.2) is 0 Å². The molecule has 0 aliphatic carbocycles. The number of para-hydroxylation sites is 1. The van der Waals surface area contributed by atoms with Crippen molar-refractivity contribution in [1.82, 2.24) is 5.32 Å². The maximum absolute atomic E-state index is 5.49. The van der Waals surface area contributed by atoms with E-state index in [4.69, 9.17) is 4.42 Å². The molecule has 2 aromatic rings. The van der Waals surface area contributed by atoms with Gasteiger partial charge in [0, 0.05) is 10.9 Å². The van der Waals surface area contributed by atoms with Crippen molar-refractivity contribution in [2.45, 2.75) is 13.0 Å². The number of fused-ring (bicyclic) bond motifs is 1. The molecule has 0 saturated carbocycles. The average molecular weight is 201 g/mol. The SMILES string of the molecule is C=CC(NCC)c1coc2ccccc12. The Morgan fingerprint density at radius 3 is 3.00 bits per heavy atom. The molecule has 15 heavy (non-hydrogen) atoms. The van der Waals surface area contributed by atoms with Crippen LogP contribution in [0.15, 0.2) is 47.6 Å². The van der Waals surface area contributed by atoms with Crippen molar-refractivity contribution in [3.05, 3.63) is 48.7 Å². The van der Waals surface area contributed by atoms with Crippen molar-refractivity contribution < 1.29 is 4.42 Å². The maximum atomic E-state index is 5.49. The lowest BCUT2D eigenvalue weighted by atomic mass is 10.1. The minimum absolute atomic E-state index is 0.165. The van der Waals surface area contributed by atoms with Gasteiger partial charge in [0.2, 0.25) is 0 Å². The normalized spacial score (nSPS) is 12.9. The third-order valence-corrected chi connectivity index (χ3v) is 2.51. The number of furan rings is 1. The fraction of sp³-hybridized carbons (Fsp3) is 0.231. The number of likely N-dealkylation sites (N-methyl/N-ethyl adjacent to an activating group) is 1. The van der Waals surface area contributed by atoms with E-state index in [-0.39, 0.29) is 6.04 Å². The number of hydrogen-bond acceptors (Lipinski definition) is 2. The molecule has 1 atom stereocenters. The van der Waals surface area contributed by atoms with E-state index in [1.54, 1.807) is 6.26 Å². The van der Waals surface area contributed by atoms with Gasteiger partial charge < -0.3 is 9.73 Å². The second-order valence-corrected chi connectivity index (χ2v) is 3.46. The molecule has 2 rings (SSSR count). The lowest BCUT2D eigenvalue weighted by Crippen LogP contribution is -2.18. The molecular formula is C13H15NO. The zero-order chi connectivity index (χ0) is 10.7. The summed E-state index contributed by atoms with van der Waals surface area (Å²) in [5, 5.41) is 4.50. The van der Waals surface area contributed by atoms with Gasteiger partial charge >= 0.3 is 0 Å². The van der Waals surface area contributed by atoms with Crippen LogP contribution in [0.5, 0.6) is 0 Å². The fourth-order valence-electron chi connectivity index (χ4n) is 1.78. The van der Waals surface area contributed by atoms with E-state index in [2.05, 4.69) is 24.9 Å². The zero-order valence-corrected chi connectivity index (χ0v) is 8.86. The first kappa shape index (κ1) is 9.99. The molecule has 0 spiro atoms. The maximum Gasteiger partial charge on any atom is 0.134 e. The lowest BCUT2D eigenvalue weighted by molar-refractivity contribution is 0.591. The topological polar surface area (TPSA) is 25.2 Å². The van der Waals surface area contributed by atoms with E-state index < -0.39 is 0 Å². The van der Waals surface area contributed by atoms with Crippen LogP contribution < -0.4 is 5.32 Å². The van der Waals surface area contributed by atoms with Crippen molar-refractivity contribution in [1.29, 1.82) is 0 Å². The second kappa shape index (κ2) is 4.32. The van der Waals surface area contributed by atoms with Crippen LogP contribution in [0.2, 0.25) is 0 Å². The van der Waals surface area contributed by atoms with Crippen molar-refractivity contribution in [2.75, 3.05) is 6.54 Å². The quantitative estimate of drug-likeness (QED) is 0.768. The van der Waals surface area contributed by atoms with Crippen LogP contribution in [0.3, 0.4) is 0 Å². The molecule has 1 heterocycles. The average Bonchev–Trinajstić information content (AvgIpc) is 2.70. The highest BCUT2D eigenvalue weighted by Gasteiger charge is 2.12. The van der Waals surface area contributed by atoms with Gasteiger partial charge in [-0.3, -0.25) is 0 Å². The monoisotopic (exact) mass is 201 g/mol. The van der Waals surface area contributed by atoms with Crippen LogP contribution in [0.4, 0.5) is 0 Å². The molecule has 0 aliphatic heterocycles. The molecule has 0 amide bonds. The Hall–Kier alpha value is -1.54. The Labute approximate surface area is 89.6 Å². The smallest absolute Gasteiger partial charge is 0.134 e. The molecule has 0 fully saturated rings. The Kier molecular flexibility index (Phi) is 2.88. The van der Waals surface area contributed by atoms with Gasteiger partial charge in [-0.05, 0) is 12.6 Å². The summed E-state index contributed by atoms with van der Waals surface area (Å²) in [5.74, 6) is 0. The summed E-state index contributed by atoms with van der Waals surface area (Å²) in [7, 11) is 0. The lowest BCUT2D eigenvalue weighted by Gasteiger charge is -2.11. The van der Waals surface area contributed by atoms with Crippen LogP contribution in [-0.2, 0) is 0 Å². The largest absolute Gasteiger partial charge is 0.464 e. The van der Waals surface area contributed by atoms with Crippen LogP contribution in [0, 0.1) is 0 Å². The van der Waals surface area contributed by atoms with Crippen LogP contribution in [0.25, 0.3) is 11.0 Å². The molecule has 1 aromatic carbocycles. The standard InChI is InChI=1S/C13H15NO/c1-3-12(14-4-2)11-9-15-13-8-6-5-7-10(11)13/h3,5-9,12,14H,1,4H2,2H3. The minimum atomic E-state index is 0.165. The summed E-state index contributed by atoms with van der Waals surface area (Å²) < 4.78 is 5.49. The number of nitrogens with one attached hydrogen (secondary N) is 1. The Morgan fingerprint density at radius 2 is 2.27 bits per heavy atom. The zero-order valence-electron chi connectivity index (χ0n) is 8.86. The minimum Gasteiger partial charge on any atom is -0.464 e. The second-order valence-electron chi connectivity index (χ2n) is 3.46. The summed E-state index contributed by atoms with van der Waals surface area (Å²) in [5.41, 5.74) is 2.08.